The van der Waals surface area contributed by atoms with Crippen molar-refractivity contribution in [2.24, 2.45) is 19.1 Å². The average molecular weight is 453 g/mol. The molecule has 166 valence electrons. The number of carbonyl (C=O) groups is 1. The molecule has 0 saturated carbocycles. The third-order valence-electron chi connectivity index (χ3n) is 4.92. The number of aromatic nitrogens is 2. The van der Waals surface area contributed by atoms with Gasteiger partial charge in [-0.2, -0.15) is 0 Å². The lowest BCUT2D eigenvalue weighted by Gasteiger charge is -2.14. The van der Waals surface area contributed by atoms with Gasteiger partial charge in [-0.25, -0.2) is 9.79 Å². The van der Waals surface area contributed by atoms with Crippen LogP contribution in [0.15, 0.2) is 63.1 Å². The van der Waals surface area contributed by atoms with Crippen LogP contribution in [-0.2, 0) is 18.9 Å². The lowest BCUT2D eigenvalue weighted by atomic mass is 10.1. The van der Waals surface area contributed by atoms with Crippen LogP contribution in [0.4, 0.5) is 11.4 Å². The molecule has 3 rings (SSSR count). The van der Waals surface area contributed by atoms with E-state index in [1.54, 1.807) is 24.3 Å². The first-order valence-corrected chi connectivity index (χ1v) is 10.8. The summed E-state index contributed by atoms with van der Waals surface area (Å²) in [5, 5.41) is 13.6. The Hall–Kier alpha value is -3.59. The Morgan fingerprint density at radius 3 is 2.25 bits per heavy atom. The zero-order valence-corrected chi connectivity index (χ0v) is 19.1. The number of thioether (sulfide) groups is 1. The van der Waals surface area contributed by atoms with Crippen molar-refractivity contribution >= 4 is 34.1 Å². The van der Waals surface area contributed by atoms with Crippen LogP contribution in [0.2, 0.25) is 0 Å². The maximum absolute atomic E-state index is 12.8. The molecule has 0 atom stereocenters. The Bertz CT molecular complexity index is 1290. The van der Waals surface area contributed by atoms with E-state index in [-0.39, 0.29) is 22.3 Å². The number of para-hydroxylation sites is 2. The van der Waals surface area contributed by atoms with Crippen LogP contribution in [0.25, 0.3) is 0 Å². The van der Waals surface area contributed by atoms with Crippen molar-refractivity contribution in [2.75, 3.05) is 11.1 Å². The number of nitrogens with one attached hydrogen (secondary N) is 1. The summed E-state index contributed by atoms with van der Waals surface area (Å²) in [5.41, 5.74) is 1.66. The third kappa shape index (κ3) is 4.83. The van der Waals surface area contributed by atoms with Crippen LogP contribution in [0, 0.1) is 13.8 Å². The first-order chi connectivity index (χ1) is 15.2. The molecule has 1 heterocycles. The first-order valence-electron chi connectivity index (χ1n) is 9.82. The van der Waals surface area contributed by atoms with Crippen LogP contribution in [0.1, 0.15) is 16.7 Å². The molecule has 0 aliphatic heterocycles. The molecule has 0 spiro atoms. The summed E-state index contributed by atoms with van der Waals surface area (Å²) in [6, 6.07) is 14.6. The SMILES string of the molecule is Cc1cccc(C)c1NC(=O)CSC(=Nc1ccccc1)c1c(O)n(C)c(=O)n(C)c1=O. The highest BCUT2D eigenvalue weighted by Gasteiger charge is 2.22. The Morgan fingerprint density at radius 1 is 1.00 bits per heavy atom. The molecule has 0 fully saturated rings. The van der Waals surface area contributed by atoms with Gasteiger partial charge in [0.2, 0.25) is 11.8 Å². The fraction of sp³-hybridized carbons (Fsp3) is 0.217. The van der Waals surface area contributed by atoms with Gasteiger partial charge < -0.3 is 10.4 Å². The van der Waals surface area contributed by atoms with Gasteiger partial charge in [0.1, 0.15) is 10.6 Å². The molecule has 2 aromatic carbocycles. The molecule has 3 aromatic rings. The van der Waals surface area contributed by atoms with Crippen molar-refractivity contribution in [3.05, 3.63) is 86.1 Å². The van der Waals surface area contributed by atoms with E-state index in [1.807, 2.05) is 38.1 Å². The maximum Gasteiger partial charge on any atom is 0.333 e. The van der Waals surface area contributed by atoms with Crippen molar-refractivity contribution in [3.8, 4) is 5.88 Å². The van der Waals surface area contributed by atoms with Gasteiger partial charge in [-0.15, -0.1) is 0 Å². The predicted octanol–water partition coefficient (Wildman–Crippen LogP) is 2.86. The predicted molar refractivity (Wildman–Crippen MR) is 128 cm³/mol. The van der Waals surface area contributed by atoms with E-state index < -0.39 is 17.1 Å². The minimum atomic E-state index is -0.692. The summed E-state index contributed by atoms with van der Waals surface area (Å²) in [7, 11) is 2.69. The minimum Gasteiger partial charge on any atom is -0.494 e. The van der Waals surface area contributed by atoms with Crippen LogP contribution >= 0.6 is 11.8 Å². The fourth-order valence-corrected chi connectivity index (χ4v) is 3.95. The molecule has 0 saturated heterocycles. The zero-order valence-electron chi connectivity index (χ0n) is 18.2. The number of carbonyl (C=O) groups excluding carboxylic acids is 1. The monoisotopic (exact) mass is 452 g/mol. The molecule has 1 aromatic heterocycles. The number of aryl methyl sites for hydroxylation is 2. The molecule has 8 nitrogen and oxygen atoms in total. The van der Waals surface area contributed by atoms with Crippen LogP contribution in [0.3, 0.4) is 0 Å². The van der Waals surface area contributed by atoms with Crippen molar-refractivity contribution in [1.82, 2.24) is 9.13 Å². The second-order valence-electron chi connectivity index (χ2n) is 7.26. The standard InChI is InChI=1S/C23H24N4O4S/c1-14-9-8-10-15(2)19(14)25-17(28)13-32-20(24-16-11-6-5-7-12-16)18-21(29)26(3)23(31)27(4)22(18)30/h5-12,29H,13H2,1-4H3,(H,25,28). The van der Waals surface area contributed by atoms with E-state index >= 15 is 0 Å². The smallest absolute Gasteiger partial charge is 0.333 e. The molecule has 9 heteroatoms. The Morgan fingerprint density at radius 2 is 1.62 bits per heavy atom. The van der Waals surface area contributed by atoms with E-state index in [2.05, 4.69) is 10.3 Å². The van der Waals surface area contributed by atoms with E-state index in [1.165, 1.54) is 14.1 Å². The maximum atomic E-state index is 12.8. The number of hydrogen-bond donors (Lipinski definition) is 2. The molecule has 0 aliphatic rings. The summed E-state index contributed by atoms with van der Waals surface area (Å²) in [4.78, 5) is 42.1. The number of nitrogens with zero attached hydrogens (tertiary/aromatic N) is 3. The molecule has 0 radical (unpaired) electrons. The highest BCUT2D eigenvalue weighted by atomic mass is 32.2. The highest BCUT2D eigenvalue weighted by Crippen LogP contribution is 2.24. The minimum absolute atomic E-state index is 0.0507. The molecule has 1 amide bonds. The van der Waals surface area contributed by atoms with E-state index in [0.29, 0.717) is 5.69 Å². The van der Waals surface area contributed by atoms with Gasteiger partial charge in [0.25, 0.3) is 5.56 Å². The number of aliphatic imine (C=N–C) groups is 1. The largest absolute Gasteiger partial charge is 0.494 e. The molecule has 2 N–H and O–H groups in total. The first kappa shape index (κ1) is 23.1. The number of amides is 1. The van der Waals surface area contributed by atoms with Gasteiger partial charge in [0.05, 0.1) is 11.4 Å². The topological polar surface area (TPSA) is 106 Å². The van der Waals surface area contributed by atoms with Crippen molar-refractivity contribution in [2.45, 2.75) is 13.8 Å². The third-order valence-corrected chi connectivity index (χ3v) is 5.90. The Kier molecular flexibility index (Phi) is 6.99. The second-order valence-corrected chi connectivity index (χ2v) is 8.22. The highest BCUT2D eigenvalue weighted by molar-refractivity contribution is 8.15. The van der Waals surface area contributed by atoms with Crippen LogP contribution < -0.4 is 16.6 Å². The normalized spacial score (nSPS) is 11.4. The molecule has 0 unspecified atom stereocenters. The van der Waals surface area contributed by atoms with Crippen LogP contribution in [-0.4, -0.2) is 30.9 Å². The molecule has 32 heavy (non-hydrogen) atoms. The van der Waals surface area contributed by atoms with Crippen molar-refractivity contribution < 1.29 is 9.90 Å². The van der Waals surface area contributed by atoms with Gasteiger partial charge in [0.15, 0.2) is 0 Å². The molecular weight excluding hydrogens is 428 g/mol. The summed E-state index contributed by atoms with van der Waals surface area (Å²) >= 11 is 1.01. The molecule has 0 aliphatic carbocycles. The molecular formula is C23H24N4O4S. The summed E-state index contributed by atoms with van der Waals surface area (Å²) in [6.07, 6.45) is 0. The Balaban J connectivity index is 1.98. The van der Waals surface area contributed by atoms with Gasteiger partial charge >= 0.3 is 5.69 Å². The number of rotatable bonds is 5. The van der Waals surface area contributed by atoms with Gasteiger partial charge in [0, 0.05) is 19.8 Å². The van der Waals surface area contributed by atoms with Gasteiger partial charge in [-0.05, 0) is 37.1 Å². The average Bonchev–Trinajstić information content (AvgIpc) is 2.78. The van der Waals surface area contributed by atoms with E-state index in [4.69, 9.17) is 0 Å². The lowest BCUT2D eigenvalue weighted by Crippen LogP contribution is -2.39. The summed E-state index contributed by atoms with van der Waals surface area (Å²) in [5.74, 6) is -0.838. The van der Waals surface area contributed by atoms with E-state index in [0.717, 1.165) is 37.7 Å². The lowest BCUT2D eigenvalue weighted by molar-refractivity contribution is -0.113. The quantitative estimate of drug-likeness (QED) is 0.457. The number of aromatic hydroxyl groups is 1. The number of hydrogen-bond acceptors (Lipinski definition) is 6. The van der Waals surface area contributed by atoms with Gasteiger partial charge in [-0.1, -0.05) is 48.2 Å². The summed E-state index contributed by atoms with van der Waals surface area (Å²) < 4.78 is 1.86. The van der Waals surface area contributed by atoms with Crippen molar-refractivity contribution in [1.29, 1.82) is 0 Å². The number of benzene rings is 2. The molecule has 0 bridgehead atoms. The number of anilines is 1. The Labute approximate surface area is 189 Å². The zero-order chi connectivity index (χ0) is 23.4. The van der Waals surface area contributed by atoms with Gasteiger partial charge in [-0.3, -0.25) is 18.7 Å². The van der Waals surface area contributed by atoms with Crippen LogP contribution in [0.5, 0.6) is 5.88 Å². The fourth-order valence-electron chi connectivity index (χ4n) is 3.12. The van der Waals surface area contributed by atoms with Crippen molar-refractivity contribution in [3.63, 3.8) is 0 Å². The summed E-state index contributed by atoms with van der Waals surface area (Å²) in [6.45, 7) is 3.81. The van der Waals surface area contributed by atoms with E-state index in [9.17, 15) is 19.5 Å². The second kappa shape index (κ2) is 9.69.